The summed E-state index contributed by atoms with van der Waals surface area (Å²) in [6.45, 7) is 0. The molecule has 2 rings (SSSR count). The van der Waals surface area contributed by atoms with Gasteiger partial charge >= 0.3 is 0 Å². The maximum atomic E-state index is 2.47. The Morgan fingerprint density at radius 3 is 1.67 bits per heavy atom. The van der Waals surface area contributed by atoms with Crippen LogP contribution in [0.3, 0.4) is 0 Å². The largest absolute Gasteiger partial charge is 0.0864 e. The Hall–Kier alpha value is -0.400. The van der Waals surface area contributed by atoms with Gasteiger partial charge in [0.05, 0.1) is 0 Å². The van der Waals surface area contributed by atoms with Gasteiger partial charge in [-0.25, -0.2) is 0 Å². The third-order valence-corrected chi connectivity index (χ3v) is 6.27. The third kappa shape index (κ3) is 4.07. The van der Waals surface area contributed by atoms with Gasteiger partial charge in [-0.3, -0.25) is 0 Å². The first-order valence-electron chi connectivity index (χ1n) is 6.35. The van der Waals surface area contributed by atoms with Crippen LogP contribution in [0.2, 0.25) is 0 Å². The van der Waals surface area contributed by atoms with Gasteiger partial charge in [0.25, 0.3) is 0 Å². The van der Waals surface area contributed by atoms with Crippen LogP contribution in [0, 0.1) is 0 Å². The highest BCUT2D eigenvalue weighted by molar-refractivity contribution is 14.1. The summed E-state index contributed by atoms with van der Waals surface area (Å²) in [6, 6.07) is 22.0. The quantitative estimate of drug-likeness (QED) is 0.308. The lowest BCUT2D eigenvalue weighted by Gasteiger charge is -2.18. The average molecular weight is 368 g/mol. The van der Waals surface area contributed by atoms with Gasteiger partial charge < -0.3 is 0 Å². The van der Waals surface area contributed by atoms with Crippen molar-refractivity contribution in [2.24, 2.45) is 0 Å². The molecule has 2 aromatic carbocycles. The van der Waals surface area contributed by atoms with Crippen molar-refractivity contribution in [3.05, 3.63) is 60.7 Å². The summed E-state index contributed by atoms with van der Waals surface area (Å²) < 4.78 is 1.27. The molecule has 0 aliphatic carbocycles. The molecule has 0 fully saturated rings. The lowest BCUT2D eigenvalue weighted by Crippen LogP contribution is -2.13. The van der Waals surface area contributed by atoms with E-state index in [0.29, 0.717) is 0 Å². The minimum absolute atomic E-state index is 0.166. The summed E-state index contributed by atoms with van der Waals surface area (Å²) in [4.78, 5) is 0. The second-order valence-corrected chi connectivity index (χ2v) is 7.63. The number of benzene rings is 2. The van der Waals surface area contributed by atoms with E-state index in [1.165, 1.54) is 34.0 Å². The molecular formula is C16H18IP. The molecule has 0 nitrogen and oxygen atoms in total. The van der Waals surface area contributed by atoms with Crippen molar-refractivity contribution < 1.29 is 0 Å². The van der Waals surface area contributed by atoms with Crippen LogP contribution in [0.25, 0.3) is 0 Å². The molecule has 18 heavy (non-hydrogen) atoms. The molecule has 0 N–H and O–H groups in total. The fourth-order valence-electron chi connectivity index (χ4n) is 1.99. The van der Waals surface area contributed by atoms with Crippen molar-refractivity contribution >= 4 is 41.1 Å². The molecule has 94 valence electrons. The van der Waals surface area contributed by atoms with Crippen molar-refractivity contribution in [3.8, 4) is 0 Å². The summed E-state index contributed by atoms with van der Waals surface area (Å²) in [7, 11) is -0.166. The van der Waals surface area contributed by atoms with Gasteiger partial charge in [0.1, 0.15) is 0 Å². The van der Waals surface area contributed by atoms with Crippen molar-refractivity contribution in [1.82, 2.24) is 0 Å². The molecule has 0 radical (unpaired) electrons. The molecule has 0 saturated carbocycles. The number of unbranched alkanes of at least 4 members (excludes halogenated alkanes) is 1. The first-order valence-corrected chi connectivity index (χ1v) is 9.40. The fourth-order valence-corrected chi connectivity index (χ4v) is 4.95. The fraction of sp³-hybridized carbons (Fsp3) is 0.250. The maximum Gasteiger partial charge on any atom is -0.000460 e. The predicted molar refractivity (Wildman–Crippen MR) is 92.1 cm³/mol. The Kier molecular flexibility index (Phi) is 6.16. The maximum absolute atomic E-state index is 2.47. The van der Waals surface area contributed by atoms with Crippen LogP contribution in [-0.4, -0.2) is 10.6 Å². The van der Waals surface area contributed by atoms with Gasteiger partial charge in [-0.15, -0.1) is 0 Å². The van der Waals surface area contributed by atoms with E-state index in [9.17, 15) is 0 Å². The monoisotopic (exact) mass is 368 g/mol. The van der Waals surface area contributed by atoms with Crippen molar-refractivity contribution in [2.75, 3.05) is 10.6 Å². The number of hydrogen-bond donors (Lipinski definition) is 0. The highest BCUT2D eigenvalue weighted by Crippen LogP contribution is 2.34. The van der Waals surface area contributed by atoms with E-state index in [2.05, 4.69) is 83.3 Å². The predicted octanol–water partition coefficient (Wildman–Crippen LogP) is 4.33. The van der Waals surface area contributed by atoms with Gasteiger partial charge in [0.2, 0.25) is 0 Å². The van der Waals surface area contributed by atoms with E-state index in [1.54, 1.807) is 0 Å². The van der Waals surface area contributed by atoms with E-state index >= 15 is 0 Å². The molecule has 0 aliphatic heterocycles. The highest BCUT2D eigenvalue weighted by atomic mass is 127. The molecule has 0 amide bonds. The zero-order valence-corrected chi connectivity index (χ0v) is 13.5. The summed E-state index contributed by atoms with van der Waals surface area (Å²) in [5.41, 5.74) is 0. The smallest absolute Gasteiger partial charge is 0.000460 e. The van der Waals surface area contributed by atoms with Crippen molar-refractivity contribution in [3.63, 3.8) is 0 Å². The Balaban J connectivity index is 2.18. The molecular weight excluding hydrogens is 350 g/mol. The molecule has 0 unspecified atom stereocenters. The number of rotatable bonds is 6. The lowest BCUT2D eigenvalue weighted by molar-refractivity contribution is 0.916. The van der Waals surface area contributed by atoms with Gasteiger partial charge in [0, 0.05) is 0 Å². The van der Waals surface area contributed by atoms with E-state index in [-0.39, 0.29) is 7.92 Å². The number of hydrogen-bond acceptors (Lipinski definition) is 0. The zero-order valence-electron chi connectivity index (χ0n) is 10.4. The summed E-state index contributed by atoms with van der Waals surface area (Å²) in [5.74, 6) is 0. The minimum atomic E-state index is -0.166. The van der Waals surface area contributed by atoms with E-state index in [0.717, 1.165) is 0 Å². The molecule has 0 heterocycles. The normalized spacial score (nSPS) is 10.8. The van der Waals surface area contributed by atoms with Crippen LogP contribution in [0.1, 0.15) is 12.8 Å². The zero-order chi connectivity index (χ0) is 12.6. The first kappa shape index (κ1) is 14.0. The number of halogens is 1. The van der Waals surface area contributed by atoms with Gasteiger partial charge in [-0.1, -0.05) is 83.3 Å². The summed E-state index contributed by atoms with van der Waals surface area (Å²) in [5, 5.41) is 3.01. The van der Waals surface area contributed by atoms with Crippen LogP contribution in [-0.2, 0) is 0 Å². The van der Waals surface area contributed by atoms with E-state index in [4.69, 9.17) is 0 Å². The third-order valence-electron chi connectivity index (χ3n) is 2.90. The van der Waals surface area contributed by atoms with E-state index < -0.39 is 0 Å². The first-order chi connectivity index (χ1) is 8.92. The van der Waals surface area contributed by atoms with Crippen molar-refractivity contribution in [1.29, 1.82) is 0 Å². The van der Waals surface area contributed by atoms with Crippen LogP contribution < -0.4 is 10.6 Å². The van der Waals surface area contributed by atoms with Crippen LogP contribution in [0.15, 0.2) is 60.7 Å². The molecule has 2 heteroatoms. The molecule has 0 spiro atoms. The van der Waals surface area contributed by atoms with E-state index in [1.807, 2.05) is 0 Å². The second kappa shape index (κ2) is 7.91. The standard InChI is InChI=1S/C16H18IP/c17-13-7-8-14-18(15-9-3-1-4-10-15)16-11-5-2-6-12-16/h1-6,9-12H,7-8,13-14H2. The topological polar surface area (TPSA) is 0 Å². The van der Waals surface area contributed by atoms with Gasteiger partial charge in [-0.05, 0) is 42.0 Å². The molecule has 2 aromatic rings. The Morgan fingerprint density at radius 1 is 0.722 bits per heavy atom. The van der Waals surface area contributed by atoms with Gasteiger partial charge in [0.15, 0.2) is 0 Å². The van der Waals surface area contributed by atoms with Crippen LogP contribution >= 0.6 is 30.5 Å². The summed E-state index contributed by atoms with van der Waals surface area (Å²) >= 11 is 2.47. The Labute approximate surface area is 125 Å². The van der Waals surface area contributed by atoms with Crippen molar-refractivity contribution in [2.45, 2.75) is 12.8 Å². The molecule has 0 atom stereocenters. The second-order valence-electron chi connectivity index (χ2n) is 4.22. The van der Waals surface area contributed by atoms with Gasteiger partial charge in [-0.2, -0.15) is 0 Å². The molecule has 0 bridgehead atoms. The Morgan fingerprint density at radius 2 is 1.22 bits per heavy atom. The van der Waals surface area contributed by atoms with Crippen LogP contribution in [0.4, 0.5) is 0 Å². The SMILES string of the molecule is ICCCCP(c1ccccc1)c1ccccc1. The Bertz CT molecular complexity index is 402. The molecule has 0 saturated heterocycles. The highest BCUT2D eigenvalue weighted by Gasteiger charge is 2.12. The lowest BCUT2D eigenvalue weighted by atomic mass is 10.4. The van der Waals surface area contributed by atoms with Crippen LogP contribution in [0.5, 0.6) is 0 Å². The number of alkyl halides is 1. The summed E-state index contributed by atoms with van der Waals surface area (Å²) in [6.07, 6.45) is 3.98. The minimum Gasteiger partial charge on any atom is -0.0864 e. The molecule has 0 aliphatic rings. The molecule has 0 aromatic heterocycles. The average Bonchev–Trinajstić information content (AvgIpc) is 2.46.